The molecule has 0 radical (unpaired) electrons. The first-order valence-corrected chi connectivity index (χ1v) is 26.1. The molecular weight excluding hydrogens is 881 g/mol. The number of nitrogens with one attached hydrogen (secondary N) is 2. The lowest BCUT2D eigenvalue weighted by Gasteiger charge is -2.31. The molecule has 0 heterocycles. The third-order valence-electron chi connectivity index (χ3n) is 13.3. The lowest BCUT2D eigenvalue weighted by Crippen LogP contribution is -2.46. The SMILES string of the molecule is CCCCCCCCOc1ccccc1C(=O)Nc1ccc(C(=O)OCC[N+](C)(CC)CC)cc1.CCCCCCCCOc1ccccc1C(=O)Nc1ccc(C(=O)OCC[N+](C)(CC)CC)cc1. The van der Waals surface area contributed by atoms with E-state index in [0.29, 0.717) is 71.6 Å². The smallest absolute Gasteiger partial charge is 0.338 e. The number of carbonyl (C=O) groups is 4. The van der Waals surface area contributed by atoms with Gasteiger partial charge in [-0.3, -0.25) is 9.59 Å². The number of amides is 2. The van der Waals surface area contributed by atoms with Crippen LogP contribution in [0.5, 0.6) is 11.5 Å². The van der Waals surface area contributed by atoms with Gasteiger partial charge in [0, 0.05) is 11.4 Å². The van der Waals surface area contributed by atoms with E-state index in [-0.39, 0.29) is 23.8 Å². The summed E-state index contributed by atoms with van der Waals surface area (Å²) in [6.07, 6.45) is 14.2. The van der Waals surface area contributed by atoms with Crippen molar-refractivity contribution in [3.63, 3.8) is 0 Å². The summed E-state index contributed by atoms with van der Waals surface area (Å²) in [5.41, 5.74) is 3.14. The van der Waals surface area contributed by atoms with Gasteiger partial charge in [-0.05, 0) is 113 Å². The molecule has 0 saturated heterocycles. The minimum Gasteiger partial charge on any atom is -0.493 e. The van der Waals surface area contributed by atoms with Gasteiger partial charge >= 0.3 is 11.9 Å². The van der Waals surface area contributed by atoms with Gasteiger partial charge in [-0.25, -0.2) is 9.59 Å². The average molecular weight is 967 g/mol. The van der Waals surface area contributed by atoms with E-state index in [1.165, 1.54) is 51.4 Å². The normalized spacial score (nSPS) is 11.2. The van der Waals surface area contributed by atoms with Gasteiger partial charge in [0.05, 0.1) is 75.7 Å². The molecule has 2 amide bonds. The van der Waals surface area contributed by atoms with E-state index in [4.69, 9.17) is 18.9 Å². The van der Waals surface area contributed by atoms with Crippen molar-refractivity contribution in [3.8, 4) is 11.5 Å². The highest BCUT2D eigenvalue weighted by Crippen LogP contribution is 2.23. The Morgan fingerprint density at radius 1 is 0.414 bits per heavy atom. The largest absolute Gasteiger partial charge is 0.493 e. The molecule has 4 rings (SSSR count). The maximum Gasteiger partial charge on any atom is 0.338 e. The van der Waals surface area contributed by atoms with Crippen LogP contribution < -0.4 is 20.1 Å². The number of ether oxygens (including phenoxy) is 4. The van der Waals surface area contributed by atoms with Crippen LogP contribution in [0.2, 0.25) is 0 Å². The molecule has 0 aromatic heterocycles. The molecule has 2 N–H and O–H groups in total. The molecule has 12 nitrogen and oxygen atoms in total. The van der Waals surface area contributed by atoms with E-state index in [1.54, 1.807) is 60.7 Å². The second-order valence-electron chi connectivity index (χ2n) is 18.5. The highest BCUT2D eigenvalue weighted by molar-refractivity contribution is 6.07. The number of hydrogen-bond acceptors (Lipinski definition) is 8. The number of anilines is 2. The lowest BCUT2D eigenvalue weighted by molar-refractivity contribution is -0.906. The zero-order valence-electron chi connectivity index (χ0n) is 44.0. The number of unbranched alkanes of at least 4 members (excludes halogenated alkanes) is 10. The summed E-state index contributed by atoms with van der Waals surface area (Å²) in [6.45, 7) is 20.5. The Labute approximate surface area is 420 Å². The predicted octanol–water partition coefficient (Wildman–Crippen LogP) is 12.6. The van der Waals surface area contributed by atoms with Gasteiger partial charge < -0.3 is 38.5 Å². The Morgan fingerprint density at radius 2 is 0.743 bits per heavy atom. The zero-order valence-corrected chi connectivity index (χ0v) is 44.0. The minimum atomic E-state index is -0.352. The van der Waals surface area contributed by atoms with Gasteiger partial charge in [-0.2, -0.15) is 0 Å². The van der Waals surface area contributed by atoms with Gasteiger partial charge in [0.15, 0.2) is 0 Å². The molecule has 0 spiro atoms. The number of carbonyl (C=O) groups excluding carboxylic acids is 4. The minimum absolute atomic E-state index is 0.241. The molecule has 70 heavy (non-hydrogen) atoms. The van der Waals surface area contributed by atoms with Gasteiger partial charge in [0.2, 0.25) is 0 Å². The van der Waals surface area contributed by atoms with Gasteiger partial charge in [-0.15, -0.1) is 0 Å². The molecule has 0 aliphatic rings. The Balaban J connectivity index is 0.000000370. The second-order valence-corrected chi connectivity index (χ2v) is 18.5. The van der Waals surface area contributed by atoms with Crippen molar-refractivity contribution < 1.29 is 47.1 Å². The van der Waals surface area contributed by atoms with E-state index in [1.807, 2.05) is 36.4 Å². The van der Waals surface area contributed by atoms with Crippen LogP contribution in [-0.2, 0) is 9.47 Å². The fraction of sp³-hybridized carbons (Fsp3) is 0.517. The number of likely N-dealkylation sites (N-methyl/N-ethyl adjacent to an activating group) is 2. The Kier molecular flexibility index (Phi) is 27.6. The van der Waals surface area contributed by atoms with E-state index >= 15 is 0 Å². The summed E-state index contributed by atoms with van der Waals surface area (Å²) in [4.78, 5) is 50.5. The number of nitrogens with zero attached hydrogens (tertiary/aromatic N) is 2. The van der Waals surface area contributed by atoms with E-state index < -0.39 is 0 Å². The lowest BCUT2D eigenvalue weighted by atomic mass is 10.1. The topological polar surface area (TPSA) is 129 Å². The molecule has 384 valence electrons. The molecular formula is C58H86N4O8+2. The van der Waals surface area contributed by atoms with Crippen molar-refractivity contribution in [3.05, 3.63) is 119 Å². The van der Waals surface area contributed by atoms with Crippen LogP contribution in [0.15, 0.2) is 97.1 Å². The number of para-hydroxylation sites is 2. The quantitative estimate of drug-likeness (QED) is 0.0281. The van der Waals surface area contributed by atoms with Crippen molar-refractivity contribution in [1.29, 1.82) is 0 Å². The second kappa shape index (κ2) is 33.0. The first kappa shape index (κ1) is 58.6. The van der Waals surface area contributed by atoms with Gasteiger partial charge in [-0.1, -0.05) is 102 Å². The first-order chi connectivity index (χ1) is 33.8. The molecule has 0 saturated carbocycles. The third-order valence-corrected chi connectivity index (χ3v) is 13.3. The summed E-state index contributed by atoms with van der Waals surface area (Å²) >= 11 is 0. The van der Waals surface area contributed by atoms with Gasteiger partial charge in [0.1, 0.15) is 37.8 Å². The Morgan fingerprint density at radius 3 is 1.09 bits per heavy atom. The van der Waals surface area contributed by atoms with Crippen LogP contribution in [-0.4, -0.2) is 113 Å². The van der Waals surface area contributed by atoms with E-state index in [0.717, 1.165) is 73.9 Å². The van der Waals surface area contributed by atoms with Crippen molar-refractivity contribution in [2.45, 2.75) is 119 Å². The zero-order chi connectivity index (χ0) is 51.0. The molecule has 0 unspecified atom stereocenters. The number of esters is 2. The van der Waals surface area contributed by atoms with Crippen molar-refractivity contribution >= 4 is 35.1 Å². The average Bonchev–Trinajstić information content (AvgIpc) is 3.38. The summed E-state index contributed by atoms with van der Waals surface area (Å²) < 4.78 is 24.4. The molecule has 0 aliphatic carbocycles. The van der Waals surface area contributed by atoms with E-state index in [2.05, 4.69) is 66.3 Å². The highest BCUT2D eigenvalue weighted by Gasteiger charge is 2.20. The predicted molar refractivity (Wildman–Crippen MR) is 284 cm³/mol. The van der Waals surface area contributed by atoms with Crippen LogP contribution >= 0.6 is 0 Å². The number of quaternary nitrogens is 2. The molecule has 0 atom stereocenters. The molecule has 12 heteroatoms. The number of rotatable bonds is 32. The monoisotopic (exact) mass is 967 g/mol. The van der Waals surface area contributed by atoms with Crippen LogP contribution in [0.25, 0.3) is 0 Å². The van der Waals surface area contributed by atoms with E-state index in [9.17, 15) is 19.2 Å². The van der Waals surface area contributed by atoms with Crippen molar-refractivity contribution in [2.24, 2.45) is 0 Å². The maximum absolute atomic E-state index is 12.9. The van der Waals surface area contributed by atoms with Crippen molar-refractivity contribution in [2.75, 3.05) is 90.4 Å². The molecule has 0 aliphatic heterocycles. The maximum atomic E-state index is 12.9. The van der Waals surface area contributed by atoms with Gasteiger partial charge in [0.25, 0.3) is 11.8 Å². The third kappa shape index (κ3) is 21.5. The Hall–Kier alpha value is -5.72. The molecule has 4 aromatic carbocycles. The van der Waals surface area contributed by atoms with Crippen LogP contribution in [0.3, 0.4) is 0 Å². The van der Waals surface area contributed by atoms with Crippen LogP contribution in [0.1, 0.15) is 160 Å². The summed E-state index contributed by atoms with van der Waals surface area (Å²) in [6, 6.07) is 28.1. The fourth-order valence-electron chi connectivity index (χ4n) is 7.43. The van der Waals surface area contributed by atoms with Crippen molar-refractivity contribution in [1.82, 2.24) is 0 Å². The molecule has 4 aromatic rings. The number of benzene rings is 4. The highest BCUT2D eigenvalue weighted by atomic mass is 16.5. The molecule has 0 fully saturated rings. The summed E-state index contributed by atoms with van der Waals surface area (Å²) in [5, 5.41) is 5.79. The fourth-order valence-corrected chi connectivity index (χ4v) is 7.43. The van der Waals surface area contributed by atoms with Crippen LogP contribution in [0.4, 0.5) is 11.4 Å². The molecule has 0 bridgehead atoms. The first-order valence-electron chi connectivity index (χ1n) is 26.1. The Bertz CT molecular complexity index is 1970. The number of hydrogen-bond donors (Lipinski definition) is 2. The standard InChI is InChI=1S/2C29H42N2O4/c2*1-5-8-9-10-11-14-22-34-27-16-13-12-15-26(27)28(32)30-25-19-17-24(18-20-25)29(33)35-23-21-31(4,6-2)7-3/h2*12-13,15-20H,5-11,14,21-23H2,1-4H3/p+2. The summed E-state index contributed by atoms with van der Waals surface area (Å²) in [7, 11) is 4.31. The summed E-state index contributed by atoms with van der Waals surface area (Å²) in [5.74, 6) is -0.0121. The van der Waals surface area contributed by atoms with Crippen LogP contribution in [0, 0.1) is 0 Å².